The summed E-state index contributed by atoms with van der Waals surface area (Å²) in [5.74, 6) is 0.221. The molecule has 0 saturated carbocycles. The average molecular weight is 452 g/mol. The highest BCUT2D eigenvalue weighted by atomic mass is 16.2. The smallest absolute Gasteiger partial charge is 0.270 e. The number of hydrogen-bond acceptors (Lipinski definition) is 4. The molecule has 2 aliphatic heterocycles. The van der Waals surface area contributed by atoms with Crippen LogP contribution < -0.4 is 4.90 Å². The Morgan fingerprint density at radius 3 is 2.50 bits per heavy atom. The highest BCUT2D eigenvalue weighted by Gasteiger charge is 2.25. The number of pyridine rings is 2. The number of hydrogen-bond donors (Lipinski definition) is 0. The molecule has 0 atom stereocenters. The highest BCUT2D eigenvalue weighted by molar-refractivity contribution is 6.03. The van der Waals surface area contributed by atoms with Gasteiger partial charge in [-0.3, -0.25) is 14.6 Å². The molecule has 0 N–H and O–H groups in total. The molecule has 1 saturated heterocycles. The van der Waals surface area contributed by atoms with Gasteiger partial charge in [-0.15, -0.1) is 0 Å². The third-order valence-electron chi connectivity index (χ3n) is 6.91. The van der Waals surface area contributed by atoms with Crippen LogP contribution in [0.15, 0.2) is 61.1 Å². The van der Waals surface area contributed by atoms with Crippen LogP contribution in [0.2, 0.25) is 0 Å². The molecule has 2 aliphatic rings. The average Bonchev–Trinajstić information content (AvgIpc) is 3.26. The fourth-order valence-corrected chi connectivity index (χ4v) is 5.01. The molecule has 0 aliphatic carbocycles. The molecule has 5 heterocycles. The van der Waals surface area contributed by atoms with Gasteiger partial charge in [0.05, 0.1) is 0 Å². The van der Waals surface area contributed by atoms with Gasteiger partial charge in [0.1, 0.15) is 11.3 Å². The van der Waals surface area contributed by atoms with Crippen molar-refractivity contribution in [3.8, 4) is 22.3 Å². The van der Waals surface area contributed by atoms with Crippen molar-refractivity contribution in [3.63, 3.8) is 0 Å². The molecule has 3 aromatic heterocycles. The van der Waals surface area contributed by atoms with Gasteiger partial charge in [-0.2, -0.15) is 0 Å². The zero-order chi connectivity index (χ0) is 23.2. The molecule has 1 aromatic carbocycles. The summed E-state index contributed by atoms with van der Waals surface area (Å²) in [6.07, 6.45) is 8.15. The molecule has 7 nitrogen and oxygen atoms in total. The molecular formula is C27H25N5O2. The maximum absolute atomic E-state index is 12.7. The van der Waals surface area contributed by atoms with Crippen molar-refractivity contribution in [2.24, 2.45) is 0 Å². The van der Waals surface area contributed by atoms with Gasteiger partial charge in [0.2, 0.25) is 5.91 Å². The fraction of sp³-hybridized carbons (Fsp3) is 0.259. The molecule has 7 heteroatoms. The van der Waals surface area contributed by atoms with Crippen LogP contribution in [-0.4, -0.2) is 51.4 Å². The molecule has 170 valence electrons. The predicted octanol–water partition coefficient (Wildman–Crippen LogP) is 4.37. The van der Waals surface area contributed by atoms with Crippen LogP contribution >= 0.6 is 0 Å². The van der Waals surface area contributed by atoms with Crippen LogP contribution in [-0.2, 0) is 11.3 Å². The Bertz CT molecular complexity index is 1420. The number of carbonyl (C=O) groups excluding carboxylic acids is 2. The van der Waals surface area contributed by atoms with E-state index in [2.05, 4.69) is 16.0 Å². The largest absolute Gasteiger partial charge is 0.339 e. The van der Waals surface area contributed by atoms with Crippen molar-refractivity contribution in [2.75, 3.05) is 25.0 Å². The van der Waals surface area contributed by atoms with Gasteiger partial charge in [-0.1, -0.05) is 12.1 Å². The van der Waals surface area contributed by atoms with Crippen molar-refractivity contribution < 1.29 is 9.59 Å². The lowest BCUT2D eigenvalue weighted by molar-refractivity contribution is -0.119. The van der Waals surface area contributed by atoms with Crippen molar-refractivity contribution in [3.05, 3.63) is 66.7 Å². The second kappa shape index (κ2) is 8.09. The summed E-state index contributed by atoms with van der Waals surface area (Å²) < 4.78 is 2.01. The summed E-state index contributed by atoms with van der Waals surface area (Å²) in [6.45, 7) is 2.20. The number of anilines is 1. The summed E-state index contributed by atoms with van der Waals surface area (Å²) >= 11 is 0. The van der Waals surface area contributed by atoms with Gasteiger partial charge in [0, 0.05) is 73.9 Å². The summed E-state index contributed by atoms with van der Waals surface area (Å²) in [6, 6.07) is 14.2. The minimum atomic E-state index is 0.0225. The Kier molecular flexibility index (Phi) is 4.90. The SMILES string of the molecule is CN1CCn2c(cc3c(-c4cncc(-c5ccc(N6CCCCC6=O)cc5)c4)ccnc32)C1=O. The molecule has 0 spiro atoms. The molecule has 6 rings (SSSR count). The molecule has 2 amide bonds. The van der Waals surface area contributed by atoms with Crippen LogP contribution in [0.5, 0.6) is 0 Å². The van der Waals surface area contributed by atoms with Crippen LogP contribution in [0.1, 0.15) is 29.8 Å². The Hall–Kier alpha value is -4.00. The number of carbonyl (C=O) groups is 2. The third-order valence-corrected chi connectivity index (χ3v) is 6.91. The van der Waals surface area contributed by atoms with Gasteiger partial charge < -0.3 is 14.4 Å². The normalized spacial score (nSPS) is 16.3. The molecule has 0 bridgehead atoms. The van der Waals surface area contributed by atoms with E-state index >= 15 is 0 Å². The third kappa shape index (κ3) is 3.36. The molecule has 1 fully saturated rings. The number of fused-ring (bicyclic) bond motifs is 3. The quantitative estimate of drug-likeness (QED) is 0.464. The van der Waals surface area contributed by atoms with Crippen LogP contribution in [0, 0.1) is 0 Å². The highest BCUT2D eigenvalue weighted by Crippen LogP contribution is 2.33. The van der Waals surface area contributed by atoms with Gasteiger partial charge in [0.15, 0.2) is 0 Å². The second-order valence-corrected chi connectivity index (χ2v) is 9.02. The maximum Gasteiger partial charge on any atom is 0.270 e. The maximum atomic E-state index is 12.7. The Labute approximate surface area is 197 Å². The van der Waals surface area contributed by atoms with E-state index in [9.17, 15) is 9.59 Å². The van der Waals surface area contributed by atoms with Crippen molar-refractivity contribution in [1.82, 2.24) is 19.4 Å². The topological polar surface area (TPSA) is 71.3 Å². The molecule has 0 unspecified atom stereocenters. The standard InChI is InChI=1S/C27H25N5O2/c1-30-12-13-32-24(27(30)34)15-23-22(9-10-29-26(23)32)20-14-19(16-28-17-20)18-5-7-21(8-6-18)31-11-3-2-4-25(31)33/h5-10,14-17H,2-4,11-13H2,1H3. The van der Waals surface area contributed by atoms with Crippen LogP contribution in [0.25, 0.3) is 33.3 Å². The number of rotatable bonds is 3. The van der Waals surface area contributed by atoms with Gasteiger partial charge in [0.25, 0.3) is 5.91 Å². The first-order valence-electron chi connectivity index (χ1n) is 11.7. The molecular weight excluding hydrogens is 426 g/mol. The van der Waals surface area contributed by atoms with E-state index in [1.54, 1.807) is 11.1 Å². The summed E-state index contributed by atoms with van der Waals surface area (Å²) in [7, 11) is 1.83. The lowest BCUT2D eigenvalue weighted by atomic mass is 10.0. The number of amides is 2. The zero-order valence-electron chi connectivity index (χ0n) is 19.1. The first kappa shape index (κ1) is 20.6. The predicted molar refractivity (Wildman–Crippen MR) is 132 cm³/mol. The molecule has 0 radical (unpaired) electrons. The van der Waals surface area contributed by atoms with Crippen molar-refractivity contribution in [2.45, 2.75) is 25.8 Å². The minimum absolute atomic E-state index is 0.0225. The second-order valence-electron chi connectivity index (χ2n) is 9.02. The number of piperidine rings is 1. The minimum Gasteiger partial charge on any atom is -0.339 e. The van der Waals surface area contributed by atoms with E-state index in [1.165, 1.54) is 0 Å². The first-order valence-corrected chi connectivity index (χ1v) is 11.7. The Balaban J connectivity index is 1.36. The van der Waals surface area contributed by atoms with E-state index in [1.807, 2.05) is 65.3 Å². The number of nitrogens with zero attached hydrogens (tertiary/aromatic N) is 5. The summed E-state index contributed by atoms with van der Waals surface area (Å²) in [4.78, 5) is 37.6. The van der Waals surface area contributed by atoms with Gasteiger partial charge in [-0.25, -0.2) is 4.98 Å². The number of aromatic nitrogens is 3. The Morgan fingerprint density at radius 2 is 1.68 bits per heavy atom. The number of benzene rings is 1. The summed E-state index contributed by atoms with van der Waals surface area (Å²) in [5, 5.41) is 0.957. The summed E-state index contributed by atoms with van der Waals surface area (Å²) in [5.41, 5.74) is 6.48. The van der Waals surface area contributed by atoms with E-state index in [0.717, 1.165) is 64.9 Å². The van der Waals surface area contributed by atoms with E-state index < -0.39 is 0 Å². The van der Waals surface area contributed by atoms with E-state index in [-0.39, 0.29) is 11.8 Å². The zero-order valence-corrected chi connectivity index (χ0v) is 19.1. The van der Waals surface area contributed by atoms with E-state index in [4.69, 9.17) is 0 Å². The molecule has 34 heavy (non-hydrogen) atoms. The van der Waals surface area contributed by atoms with Crippen LogP contribution in [0.4, 0.5) is 5.69 Å². The first-order chi connectivity index (χ1) is 16.6. The fourth-order valence-electron chi connectivity index (χ4n) is 5.01. The monoisotopic (exact) mass is 451 g/mol. The lowest BCUT2D eigenvalue weighted by Gasteiger charge is -2.26. The van der Waals surface area contributed by atoms with Crippen molar-refractivity contribution in [1.29, 1.82) is 0 Å². The number of likely N-dealkylation sites (N-methyl/N-ethyl adjacent to an activating group) is 1. The lowest BCUT2D eigenvalue weighted by Crippen LogP contribution is -2.36. The van der Waals surface area contributed by atoms with E-state index in [0.29, 0.717) is 18.7 Å². The Morgan fingerprint density at radius 1 is 0.853 bits per heavy atom. The molecule has 4 aromatic rings. The van der Waals surface area contributed by atoms with Gasteiger partial charge in [-0.05, 0) is 54.3 Å². The van der Waals surface area contributed by atoms with Crippen LogP contribution in [0.3, 0.4) is 0 Å². The van der Waals surface area contributed by atoms with Crippen molar-refractivity contribution >= 4 is 28.5 Å². The van der Waals surface area contributed by atoms with Gasteiger partial charge >= 0.3 is 0 Å².